The third kappa shape index (κ3) is 3.84. The van der Waals surface area contributed by atoms with Gasteiger partial charge in [0.25, 0.3) is 5.91 Å². The second-order valence-electron chi connectivity index (χ2n) is 3.91. The molecule has 0 aliphatic rings. The van der Waals surface area contributed by atoms with Crippen LogP contribution >= 0.6 is 0 Å². The van der Waals surface area contributed by atoms with Gasteiger partial charge < -0.3 is 10.2 Å². The van der Waals surface area contributed by atoms with Crippen molar-refractivity contribution in [1.29, 1.82) is 0 Å². The van der Waals surface area contributed by atoms with Crippen LogP contribution in [0.2, 0.25) is 0 Å². The number of likely N-dealkylation sites (N-methyl/N-ethyl adjacent to an activating group) is 1. The number of hydrogen-bond donors (Lipinski definition) is 1. The summed E-state index contributed by atoms with van der Waals surface area (Å²) in [5.74, 6) is -0.876. The molecule has 1 aromatic carbocycles. The zero-order valence-corrected chi connectivity index (χ0v) is 10.6. The molecule has 0 saturated carbocycles. The van der Waals surface area contributed by atoms with E-state index in [9.17, 15) is 14.0 Å². The molecule has 0 atom stereocenters. The van der Waals surface area contributed by atoms with Gasteiger partial charge in [-0.3, -0.25) is 9.59 Å². The van der Waals surface area contributed by atoms with Gasteiger partial charge in [0.1, 0.15) is 5.82 Å². The lowest BCUT2D eigenvalue weighted by molar-refractivity contribution is -0.121. The topological polar surface area (TPSA) is 49.4 Å². The average Bonchev–Trinajstić information content (AvgIpc) is 2.38. The van der Waals surface area contributed by atoms with E-state index in [-0.39, 0.29) is 24.2 Å². The number of rotatable bonds is 5. The van der Waals surface area contributed by atoms with Crippen LogP contribution in [-0.4, -0.2) is 36.9 Å². The van der Waals surface area contributed by atoms with Gasteiger partial charge >= 0.3 is 0 Å². The highest BCUT2D eigenvalue weighted by molar-refractivity contribution is 5.96. The summed E-state index contributed by atoms with van der Waals surface area (Å²) in [4.78, 5) is 24.9. The smallest absolute Gasteiger partial charge is 0.254 e. The number of carbonyl (C=O) groups excluding carboxylic acids is 2. The van der Waals surface area contributed by atoms with Crippen LogP contribution in [0.3, 0.4) is 0 Å². The quantitative estimate of drug-likeness (QED) is 0.861. The van der Waals surface area contributed by atoms with Crippen LogP contribution in [0.5, 0.6) is 0 Å². The maximum Gasteiger partial charge on any atom is 0.254 e. The zero-order chi connectivity index (χ0) is 13.5. The van der Waals surface area contributed by atoms with Crippen molar-refractivity contribution >= 4 is 11.8 Å². The SMILES string of the molecule is CCCN(CC(=O)NC)C(=O)c1ccc(F)cc1. The molecule has 0 aliphatic heterocycles. The summed E-state index contributed by atoms with van der Waals surface area (Å²) in [6.45, 7) is 2.43. The normalized spacial score (nSPS) is 9.94. The van der Waals surface area contributed by atoms with E-state index in [2.05, 4.69) is 5.32 Å². The van der Waals surface area contributed by atoms with Crippen LogP contribution in [0.4, 0.5) is 4.39 Å². The summed E-state index contributed by atoms with van der Waals surface area (Å²) in [5.41, 5.74) is 0.383. The first-order chi connectivity index (χ1) is 8.58. The number of nitrogens with zero attached hydrogens (tertiary/aromatic N) is 1. The van der Waals surface area contributed by atoms with Crippen molar-refractivity contribution < 1.29 is 14.0 Å². The fourth-order valence-corrected chi connectivity index (χ4v) is 1.55. The van der Waals surface area contributed by atoms with Crippen LogP contribution in [0, 0.1) is 5.82 Å². The summed E-state index contributed by atoms with van der Waals surface area (Å²) in [5, 5.41) is 2.48. The first-order valence-corrected chi connectivity index (χ1v) is 5.84. The van der Waals surface area contributed by atoms with Gasteiger partial charge in [-0.25, -0.2) is 4.39 Å². The van der Waals surface area contributed by atoms with Crippen molar-refractivity contribution in [3.05, 3.63) is 35.6 Å². The number of carbonyl (C=O) groups is 2. The molecule has 0 bridgehead atoms. The molecule has 0 fully saturated rings. The third-order valence-electron chi connectivity index (χ3n) is 2.49. The molecule has 2 amide bonds. The lowest BCUT2D eigenvalue weighted by atomic mass is 10.2. The lowest BCUT2D eigenvalue weighted by Crippen LogP contribution is -2.40. The largest absolute Gasteiger partial charge is 0.358 e. The molecule has 0 spiro atoms. The van der Waals surface area contributed by atoms with Crippen molar-refractivity contribution in [2.24, 2.45) is 0 Å². The molecule has 0 aromatic heterocycles. The van der Waals surface area contributed by atoms with Crippen LogP contribution in [0.25, 0.3) is 0 Å². The Labute approximate surface area is 106 Å². The Balaban J connectivity index is 2.81. The van der Waals surface area contributed by atoms with Crippen molar-refractivity contribution in [2.45, 2.75) is 13.3 Å². The molecule has 1 N–H and O–H groups in total. The van der Waals surface area contributed by atoms with Gasteiger partial charge in [0, 0.05) is 19.2 Å². The van der Waals surface area contributed by atoms with E-state index in [0.29, 0.717) is 12.1 Å². The predicted octanol–water partition coefficient (Wildman–Crippen LogP) is 1.42. The lowest BCUT2D eigenvalue weighted by Gasteiger charge is -2.21. The van der Waals surface area contributed by atoms with E-state index in [4.69, 9.17) is 0 Å². The molecule has 1 rings (SSSR count). The van der Waals surface area contributed by atoms with Crippen molar-refractivity contribution in [3.63, 3.8) is 0 Å². The molecule has 0 aliphatic carbocycles. The first-order valence-electron chi connectivity index (χ1n) is 5.84. The Morgan fingerprint density at radius 1 is 1.28 bits per heavy atom. The Hall–Kier alpha value is -1.91. The van der Waals surface area contributed by atoms with Gasteiger partial charge in [-0.1, -0.05) is 6.92 Å². The minimum Gasteiger partial charge on any atom is -0.358 e. The number of hydrogen-bond acceptors (Lipinski definition) is 2. The number of benzene rings is 1. The molecule has 4 nitrogen and oxygen atoms in total. The summed E-state index contributed by atoms with van der Waals surface area (Å²) < 4.78 is 12.8. The van der Waals surface area contributed by atoms with Gasteiger partial charge in [-0.05, 0) is 30.7 Å². The first kappa shape index (κ1) is 14.2. The van der Waals surface area contributed by atoms with E-state index < -0.39 is 0 Å². The van der Waals surface area contributed by atoms with Gasteiger partial charge in [0.2, 0.25) is 5.91 Å². The number of halogens is 1. The average molecular weight is 252 g/mol. The number of nitrogens with one attached hydrogen (secondary N) is 1. The fourth-order valence-electron chi connectivity index (χ4n) is 1.55. The maximum absolute atomic E-state index is 12.8. The molecule has 0 radical (unpaired) electrons. The van der Waals surface area contributed by atoms with Gasteiger partial charge in [0.15, 0.2) is 0 Å². The summed E-state index contributed by atoms with van der Waals surface area (Å²) in [6.07, 6.45) is 0.754. The second-order valence-corrected chi connectivity index (χ2v) is 3.91. The zero-order valence-electron chi connectivity index (χ0n) is 10.6. The van der Waals surface area contributed by atoms with E-state index in [1.54, 1.807) is 0 Å². The predicted molar refractivity (Wildman–Crippen MR) is 66.7 cm³/mol. The molecule has 1 aromatic rings. The number of amides is 2. The molecule has 18 heavy (non-hydrogen) atoms. The van der Waals surface area contributed by atoms with Gasteiger partial charge in [-0.2, -0.15) is 0 Å². The summed E-state index contributed by atoms with van der Waals surface area (Å²) in [7, 11) is 1.52. The maximum atomic E-state index is 12.8. The van der Waals surface area contributed by atoms with Gasteiger partial charge in [0.05, 0.1) is 6.54 Å². The minimum absolute atomic E-state index is 0.0144. The highest BCUT2D eigenvalue weighted by Crippen LogP contribution is 2.07. The molecule has 0 heterocycles. The Morgan fingerprint density at radius 2 is 1.89 bits per heavy atom. The van der Waals surface area contributed by atoms with E-state index in [1.807, 2.05) is 6.92 Å². The van der Waals surface area contributed by atoms with E-state index >= 15 is 0 Å². The van der Waals surface area contributed by atoms with Crippen molar-refractivity contribution in [3.8, 4) is 0 Å². The van der Waals surface area contributed by atoms with E-state index in [1.165, 1.54) is 36.2 Å². The van der Waals surface area contributed by atoms with Crippen molar-refractivity contribution in [2.75, 3.05) is 20.1 Å². The molecule has 98 valence electrons. The highest BCUT2D eigenvalue weighted by Gasteiger charge is 2.17. The molecular formula is C13H17FN2O2. The Bertz CT molecular complexity index is 418. The molecular weight excluding hydrogens is 235 g/mol. The van der Waals surface area contributed by atoms with Gasteiger partial charge in [-0.15, -0.1) is 0 Å². The van der Waals surface area contributed by atoms with Crippen molar-refractivity contribution in [1.82, 2.24) is 10.2 Å². The Kier molecular flexibility index (Phi) is 5.30. The van der Waals surface area contributed by atoms with Crippen LogP contribution < -0.4 is 5.32 Å². The highest BCUT2D eigenvalue weighted by atomic mass is 19.1. The molecule has 0 saturated heterocycles. The van der Waals surface area contributed by atoms with Crippen LogP contribution in [-0.2, 0) is 4.79 Å². The molecule has 5 heteroatoms. The molecule has 0 unspecified atom stereocenters. The summed E-state index contributed by atoms with van der Waals surface area (Å²) >= 11 is 0. The standard InChI is InChI=1S/C13H17FN2O2/c1-3-8-16(9-12(17)15-2)13(18)10-4-6-11(14)7-5-10/h4-7H,3,8-9H2,1-2H3,(H,15,17). The second kappa shape index (κ2) is 6.74. The fraction of sp³-hybridized carbons (Fsp3) is 0.385. The minimum atomic E-state index is -0.389. The Morgan fingerprint density at radius 3 is 2.39 bits per heavy atom. The van der Waals surface area contributed by atoms with Crippen LogP contribution in [0.1, 0.15) is 23.7 Å². The van der Waals surface area contributed by atoms with E-state index in [0.717, 1.165) is 6.42 Å². The monoisotopic (exact) mass is 252 g/mol. The third-order valence-corrected chi connectivity index (χ3v) is 2.49. The summed E-state index contributed by atoms with van der Waals surface area (Å²) in [6, 6.07) is 5.31. The van der Waals surface area contributed by atoms with Crippen LogP contribution in [0.15, 0.2) is 24.3 Å².